The van der Waals surface area contributed by atoms with Gasteiger partial charge < -0.3 is 36.0 Å². The maximum atomic E-state index is 14.1. The lowest BCUT2D eigenvalue weighted by Gasteiger charge is -2.29. The van der Waals surface area contributed by atoms with Crippen molar-refractivity contribution < 1.29 is 34.4 Å². The van der Waals surface area contributed by atoms with Gasteiger partial charge in [-0.05, 0) is 84.2 Å². The predicted molar refractivity (Wildman–Crippen MR) is 196 cm³/mol. The topological polar surface area (TPSA) is 162 Å². The van der Waals surface area contributed by atoms with Crippen LogP contribution in [0.4, 0.5) is 0 Å². The fraction of sp³-hybridized carbons (Fsp3) is 0.357. The second-order valence-corrected chi connectivity index (χ2v) is 14.0. The van der Waals surface area contributed by atoms with Gasteiger partial charge in [0.25, 0.3) is 0 Å². The number of β-amino-alcohol motifs (C(OH)–C–C–N with tert-alkyl or cyclic N) is 1. The number of nitrogens with one attached hydrogen (secondary N) is 1. The highest BCUT2D eigenvalue weighted by Crippen LogP contribution is 2.33. The minimum absolute atomic E-state index is 0.0563. The molecule has 0 radical (unpaired) electrons. The second kappa shape index (κ2) is 17.0. The Morgan fingerprint density at radius 1 is 0.904 bits per heavy atom. The van der Waals surface area contributed by atoms with E-state index in [2.05, 4.69) is 5.32 Å². The summed E-state index contributed by atoms with van der Waals surface area (Å²) in [6.45, 7) is 0.122. The smallest absolute Gasteiger partial charge is 0.248 e. The summed E-state index contributed by atoms with van der Waals surface area (Å²) in [5, 5.41) is 34.8. The van der Waals surface area contributed by atoms with Crippen LogP contribution >= 0.6 is 0 Å². The number of aliphatic hydroxyl groups excluding tert-OH is 3. The summed E-state index contributed by atoms with van der Waals surface area (Å²) in [6, 6.07) is 31.2. The van der Waals surface area contributed by atoms with Gasteiger partial charge in [-0.25, -0.2) is 0 Å². The molecule has 0 aromatic heterocycles. The van der Waals surface area contributed by atoms with E-state index < -0.39 is 30.1 Å². The molecule has 3 amide bonds. The Labute approximate surface area is 304 Å². The van der Waals surface area contributed by atoms with Crippen LogP contribution in [0.1, 0.15) is 57.1 Å². The molecule has 0 bridgehead atoms. The number of carbonyl (C=O) groups excluding carboxylic acids is 3. The molecule has 10 heteroatoms. The van der Waals surface area contributed by atoms with Crippen molar-refractivity contribution in [2.45, 2.75) is 62.8 Å². The van der Waals surface area contributed by atoms with Gasteiger partial charge in [0.05, 0.1) is 24.9 Å². The summed E-state index contributed by atoms with van der Waals surface area (Å²) in [5.41, 5.74) is 10.6. The molecule has 1 heterocycles. The van der Waals surface area contributed by atoms with Gasteiger partial charge in [0.1, 0.15) is 12.4 Å². The minimum atomic E-state index is -1.01. The number of rotatable bonds is 16. The Morgan fingerprint density at radius 3 is 2.38 bits per heavy atom. The number of aliphatic hydroxyl groups is 3. The number of hydrogen-bond donors (Lipinski definition) is 5. The number of benzene rings is 4. The van der Waals surface area contributed by atoms with E-state index in [-0.39, 0.29) is 50.0 Å². The number of carbonyl (C=O) groups is 3. The van der Waals surface area contributed by atoms with E-state index in [4.69, 9.17) is 15.6 Å². The maximum Gasteiger partial charge on any atom is 0.248 e. The van der Waals surface area contributed by atoms with E-state index in [1.54, 1.807) is 35.2 Å². The minimum Gasteiger partial charge on any atom is -0.491 e. The third-order valence-electron chi connectivity index (χ3n) is 10.2. The highest BCUT2D eigenvalue weighted by atomic mass is 16.5. The first-order valence-electron chi connectivity index (χ1n) is 18.0. The number of fused-ring (bicyclic) bond motifs is 1. The molecule has 52 heavy (non-hydrogen) atoms. The van der Waals surface area contributed by atoms with Crippen molar-refractivity contribution in [3.05, 3.63) is 137 Å². The molecule has 6 atom stereocenters. The Kier molecular flexibility index (Phi) is 12.0. The zero-order chi connectivity index (χ0) is 36.6. The Bertz CT molecular complexity index is 1830. The fourth-order valence-electron chi connectivity index (χ4n) is 7.70. The number of primary amides is 1. The summed E-state index contributed by atoms with van der Waals surface area (Å²) >= 11 is 0. The number of hydrogen-bond acceptors (Lipinski definition) is 7. The quantitative estimate of drug-likeness (QED) is 0.119. The van der Waals surface area contributed by atoms with Gasteiger partial charge in [-0.15, -0.1) is 0 Å². The summed E-state index contributed by atoms with van der Waals surface area (Å²) < 4.78 is 5.51. The standard InChI is InChI=1S/C42H47N3O7/c43-40(49)31-11-6-9-29(20-31)21-33-23-34(22-27-7-2-1-3-8-27)45(42(33)51)26-35(47)24-32(19-28-13-15-36(16-14-28)52-18-17-46)41(50)44-39-37-12-5-4-10-30(37)25-38(39)48/h1-16,20,32-35,38-39,46-48H,17-19,21-26H2,(H2,43,49)(H,44,50)/t32-,33-,34-,35-,38+,39-/m0/s1. The van der Waals surface area contributed by atoms with E-state index in [0.717, 1.165) is 27.8 Å². The lowest BCUT2D eigenvalue weighted by Crippen LogP contribution is -2.43. The van der Waals surface area contributed by atoms with Crippen LogP contribution in [0.5, 0.6) is 5.75 Å². The summed E-state index contributed by atoms with van der Waals surface area (Å²) in [4.78, 5) is 41.7. The molecule has 272 valence electrons. The monoisotopic (exact) mass is 705 g/mol. The fourth-order valence-corrected chi connectivity index (χ4v) is 7.70. The van der Waals surface area contributed by atoms with Crippen molar-refractivity contribution in [2.75, 3.05) is 19.8 Å². The van der Waals surface area contributed by atoms with E-state index in [1.807, 2.05) is 72.8 Å². The first-order chi connectivity index (χ1) is 25.2. The van der Waals surface area contributed by atoms with Crippen molar-refractivity contribution in [3.63, 3.8) is 0 Å². The number of nitrogens with two attached hydrogens (primary N) is 1. The predicted octanol–water partition coefficient (Wildman–Crippen LogP) is 3.54. The molecule has 2 aliphatic rings. The van der Waals surface area contributed by atoms with E-state index in [0.29, 0.717) is 43.4 Å². The van der Waals surface area contributed by atoms with Gasteiger partial charge >= 0.3 is 0 Å². The summed E-state index contributed by atoms with van der Waals surface area (Å²) in [5.74, 6) is -1.31. The molecule has 6 rings (SSSR count). The lowest BCUT2D eigenvalue weighted by atomic mass is 9.91. The molecule has 10 nitrogen and oxygen atoms in total. The van der Waals surface area contributed by atoms with Gasteiger partial charge in [0, 0.05) is 36.4 Å². The molecule has 0 saturated carbocycles. The lowest BCUT2D eigenvalue weighted by molar-refractivity contribution is -0.133. The molecule has 0 unspecified atom stereocenters. The van der Waals surface area contributed by atoms with Crippen LogP contribution in [-0.2, 0) is 35.3 Å². The van der Waals surface area contributed by atoms with Crippen LogP contribution in [0.25, 0.3) is 0 Å². The van der Waals surface area contributed by atoms with Crippen LogP contribution in [0, 0.1) is 11.8 Å². The number of nitrogens with zero attached hydrogens (tertiary/aromatic N) is 1. The van der Waals surface area contributed by atoms with Crippen LogP contribution in [0.15, 0.2) is 103 Å². The van der Waals surface area contributed by atoms with Crippen molar-refractivity contribution >= 4 is 17.7 Å². The first-order valence-corrected chi connectivity index (χ1v) is 18.0. The zero-order valence-electron chi connectivity index (χ0n) is 29.1. The summed E-state index contributed by atoms with van der Waals surface area (Å²) in [6.07, 6.45) is 0.697. The third-order valence-corrected chi connectivity index (χ3v) is 10.2. The van der Waals surface area contributed by atoms with Gasteiger partial charge in [0.2, 0.25) is 17.7 Å². The Balaban J connectivity index is 1.20. The van der Waals surface area contributed by atoms with Gasteiger partial charge in [0.15, 0.2) is 0 Å². The highest BCUT2D eigenvalue weighted by Gasteiger charge is 2.41. The van der Waals surface area contributed by atoms with Gasteiger partial charge in [-0.1, -0.05) is 78.9 Å². The van der Waals surface area contributed by atoms with E-state index in [1.165, 1.54) is 0 Å². The molecule has 1 aliphatic heterocycles. The molecule has 4 aromatic rings. The number of amides is 3. The molecule has 1 saturated heterocycles. The van der Waals surface area contributed by atoms with Crippen LogP contribution in [0.2, 0.25) is 0 Å². The maximum absolute atomic E-state index is 14.1. The molecule has 0 spiro atoms. The SMILES string of the molecule is NC(=O)c1cccc(C[C@H]2C[C@H](Cc3ccccc3)N(C[C@@H](O)C[C@H](Cc3ccc(OCCO)cc3)C(=O)N[C@H]3c4ccccc4C[C@H]3O)C2=O)c1. The largest absolute Gasteiger partial charge is 0.491 e. The van der Waals surface area contributed by atoms with Crippen LogP contribution < -0.4 is 15.8 Å². The Morgan fingerprint density at radius 2 is 1.63 bits per heavy atom. The molecule has 1 fully saturated rings. The number of likely N-dealkylation sites (tertiary alicyclic amines) is 1. The highest BCUT2D eigenvalue weighted by molar-refractivity contribution is 5.93. The van der Waals surface area contributed by atoms with Crippen molar-refractivity contribution in [2.24, 2.45) is 17.6 Å². The van der Waals surface area contributed by atoms with Crippen molar-refractivity contribution in [3.8, 4) is 5.75 Å². The Hall–Kier alpha value is -5.03. The second-order valence-electron chi connectivity index (χ2n) is 14.0. The van der Waals surface area contributed by atoms with Crippen molar-refractivity contribution in [1.82, 2.24) is 10.2 Å². The zero-order valence-corrected chi connectivity index (χ0v) is 29.1. The summed E-state index contributed by atoms with van der Waals surface area (Å²) in [7, 11) is 0. The van der Waals surface area contributed by atoms with Crippen molar-refractivity contribution in [1.29, 1.82) is 0 Å². The van der Waals surface area contributed by atoms with Gasteiger partial charge in [-0.2, -0.15) is 0 Å². The molecular weight excluding hydrogens is 658 g/mol. The third kappa shape index (κ3) is 9.06. The van der Waals surface area contributed by atoms with Gasteiger partial charge in [-0.3, -0.25) is 14.4 Å². The average molecular weight is 706 g/mol. The normalized spacial score (nSPS) is 20.7. The van der Waals surface area contributed by atoms with E-state index in [9.17, 15) is 24.6 Å². The molecule has 6 N–H and O–H groups in total. The van der Waals surface area contributed by atoms with Crippen LogP contribution in [-0.4, -0.2) is 75.9 Å². The molecular formula is C42H47N3O7. The first kappa shape index (κ1) is 36.8. The number of ether oxygens (including phenoxy) is 1. The van der Waals surface area contributed by atoms with Crippen LogP contribution in [0.3, 0.4) is 0 Å². The molecule has 1 aliphatic carbocycles. The van der Waals surface area contributed by atoms with E-state index >= 15 is 0 Å². The molecule has 4 aromatic carbocycles. The average Bonchev–Trinajstić information content (AvgIpc) is 3.61.